The molecule has 0 aliphatic carbocycles. The molecule has 1 saturated heterocycles. The van der Waals surface area contributed by atoms with Gasteiger partial charge in [-0.05, 0) is 24.1 Å². The smallest absolute Gasteiger partial charge is 0.113 e. The van der Waals surface area contributed by atoms with Crippen LogP contribution < -0.4 is 5.32 Å². The van der Waals surface area contributed by atoms with Gasteiger partial charge >= 0.3 is 0 Å². The Morgan fingerprint density at radius 2 is 1.89 bits per heavy atom. The SMILES string of the molecule is Cl.Cl.OC1(CN(CCc2ccccc2)Cc2ccccn2)CNCCOC1. The lowest BCUT2D eigenvalue weighted by Gasteiger charge is -2.33. The van der Waals surface area contributed by atoms with Gasteiger partial charge in [0, 0.05) is 38.9 Å². The van der Waals surface area contributed by atoms with Crippen LogP contribution in [0.3, 0.4) is 0 Å². The number of ether oxygens (including phenoxy) is 1. The molecule has 2 aromatic rings. The van der Waals surface area contributed by atoms with E-state index in [1.54, 1.807) is 0 Å². The maximum Gasteiger partial charge on any atom is 0.113 e. The van der Waals surface area contributed by atoms with Crippen LogP contribution in [-0.4, -0.2) is 60.0 Å². The molecule has 2 heterocycles. The number of halogens is 2. The normalized spacial score (nSPS) is 19.6. The van der Waals surface area contributed by atoms with E-state index in [9.17, 15) is 5.11 Å². The number of benzene rings is 1. The minimum absolute atomic E-state index is 0. The summed E-state index contributed by atoms with van der Waals surface area (Å²) in [5.41, 5.74) is 1.44. The van der Waals surface area contributed by atoms with Crippen molar-refractivity contribution in [1.29, 1.82) is 0 Å². The van der Waals surface area contributed by atoms with Gasteiger partial charge in [0.25, 0.3) is 0 Å². The summed E-state index contributed by atoms with van der Waals surface area (Å²) >= 11 is 0. The zero-order valence-electron chi connectivity index (χ0n) is 15.4. The fourth-order valence-corrected chi connectivity index (χ4v) is 3.16. The number of β-amino-alcohol motifs (C(OH)–C–C–N with tert-alkyl or cyclic N) is 1. The summed E-state index contributed by atoms with van der Waals surface area (Å²) in [6.07, 6.45) is 2.76. The summed E-state index contributed by atoms with van der Waals surface area (Å²) in [6.45, 7) is 4.49. The molecule has 1 aliphatic heterocycles. The Labute approximate surface area is 174 Å². The molecule has 1 aliphatic rings. The summed E-state index contributed by atoms with van der Waals surface area (Å²) < 4.78 is 5.57. The predicted molar refractivity (Wildman–Crippen MR) is 113 cm³/mol. The molecule has 0 saturated carbocycles. The van der Waals surface area contributed by atoms with E-state index in [1.807, 2.05) is 30.5 Å². The number of hydrogen-bond donors (Lipinski definition) is 2. The summed E-state index contributed by atoms with van der Waals surface area (Å²) in [5, 5.41) is 14.2. The van der Waals surface area contributed by atoms with Crippen LogP contribution >= 0.6 is 24.8 Å². The third kappa shape index (κ3) is 8.13. The number of pyridine rings is 1. The van der Waals surface area contributed by atoms with Crippen LogP contribution in [0, 0.1) is 0 Å². The van der Waals surface area contributed by atoms with Crippen molar-refractivity contribution in [2.45, 2.75) is 18.6 Å². The summed E-state index contributed by atoms with van der Waals surface area (Å²) in [7, 11) is 0. The number of nitrogens with zero attached hydrogens (tertiary/aromatic N) is 2. The van der Waals surface area contributed by atoms with Gasteiger partial charge in [-0.3, -0.25) is 9.88 Å². The molecule has 7 heteroatoms. The largest absolute Gasteiger partial charge is 0.385 e. The molecular weight excluding hydrogens is 385 g/mol. The highest BCUT2D eigenvalue weighted by atomic mass is 35.5. The molecular formula is C20H29Cl2N3O2. The Morgan fingerprint density at radius 1 is 1.11 bits per heavy atom. The number of nitrogens with one attached hydrogen (secondary N) is 1. The number of hydrogen-bond acceptors (Lipinski definition) is 5. The maximum absolute atomic E-state index is 10.9. The third-order valence-electron chi connectivity index (χ3n) is 4.44. The first-order valence-corrected chi connectivity index (χ1v) is 8.91. The van der Waals surface area contributed by atoms with E-state index in [4.69, 9.17) is 4.74 Å². The lowest BCUT2D eigenvalue weighted by molar-refractivity contribution is -0.0503. The van der Waals surface area contributed by atoms with E-state index in [-0.39, 0.29) is 24.8 Å². The monoisotopic (exact) mass is 413 g/mol. The molecule has 1 aromatic heterocycles. The predicted octanol–water partition coefficient (Wildman–Crippen LogP) is 2.32. The summed E-state index contributed by atoms with van der Waals surface area (Å²) in [4.78, 5) is 6.71. The van der Waals surface area contributed by atoms with Crippen LogP contribution in [0.25, 0.3) is 0 Å². The fourth-order valence-electron chi connectivity index (χ4n) is 3.16. The molecule has 1 fully saturated rings. The van der Waals surface area contributed by atoms with Crippen molar-refractivity contribution in [2.75, 3.05) is 39.4 Å². The second kappa shape index (κ2) is 12.3. The Hall–Kier alpha value is -1.21. The first kappa shape index (κ1) is 23.8. The molecule has 2 N–H and O–H groups in total. The van der Waals surface area contributed by atoms with Gasteiger partial charge in [-0.1, -0.05) is 36.4 Å². The minimum atomic E-state index is -0.873. The highest BCUT2D eigenvalue weighted by Gasteiger charge is 2.31. The van der Waals surface area contributed by atoms with Crippen LogP contribution in [0.15, 0.2) is 54.7 Å². The molecule has 5 nitrogen and oxygen atoms in total. The summed E-state index contributed by atoms with van der Waals surface area (Å²) in [6, 6.07) is 16.4. The quantitative estimate of drug-likeness (QED) is 0.729. The minimum Gasteiger partial charge on any atom is -0.385 e. The van der Waals surface area contributed by atoms with E-state index >= 15 is 0 Å². The second-order valence-electron chi connectivity index (χ2n) is 6.72. The molecule has 3 rings (SSSR count). The van der Waals surface area contributed by atoms with Crippen molar-refractivity contribution in [2.24, 2.45) is 0 Å². The first-order chi connectivity index (χ1) is 12.2. The molecule has 1 unspecified atom stereocenters. The average molecular weight is 414 g/mol. The molecule has 0 spiro atoms. The van der Waals surface area contributed by atoms with Crippen molar-refractivity contribution in [1.82, 2.24) is 15.2 Å². The van der Waals surface area contributed by atoms with Gasteiger partial charge in [-0.15, -0.1) is 24.8 Å². The van der Waals surface area contributed by atoms with Gasteiger partial charge in [0.15, 0.2) is 0 Å². The highest BCUT2D eigenvalue weighted by molar-refractivity contribution is 5.85. The van der Waals surface area contributed by atoms with Crippen molar-refractivity contribution < 1.29 is 9.84 Å². The van der Waals surface area contributed by atoms with E-state index in [0.717, 1.165) is 31.7 Å². The van der Waals surface area contributed by atoms with Gasteiger partial charge in [-0.2, -0.15) is 0 Å². The first-order valence-electron chi connectivity index (χ1n) is 8.91. The fraction of sp³-hybridized carbons (Fsp3) is 0.450. The summed E-state index contributed by atoms with van der Waals surface area (Å²) in [5.74, 6) is 0. The van der Waals surface area contributed by atoms with Crippen molar-refractivity contribution in [3.8, 4) is 0 Å². The van der Waals surface area contributed by atoms with E-state index in [0.29, 0.717) is 26.3 Å². The van der Waals surface area contributed by atoms with Crippen molar-refractivity contribution >= 4 is 24.8 Å². The Morgan fingerprint density at radius 3 is 2.63 bits per heavy atom. The molecule has 0 bridgehead atoms. The van der Waals surface area contributed by atoms with Gasteiger partial charge < -0.3 is 15.2 Å². The van der Waals surface area contributed by atoms with Crippen LogP contribution in [0.5, 0.6) is 0 Å². The molecule has 0 radical (unpaired) electrons. The van der Waals surface area contributed by atoms with Crippen LogP contribution in [0.2, 0.25) is 0 Å². The molecule has 27 heavy (non-hydrogen) atoms. The van der Waals surface area contributed by atoms with Crippen molar-refractivity contribution in [3.05, 3.63) is 66.0 Å². The number of rotatable bonds is 7. The maximum atomic E-state index is 10.9. The van der Waals surface area contributed by atoms with E-state index < -0.39 is 5.60 Å². The van der Waals surface area contributed by atoms with Gasteiger partial charge in [0.1, 0.15) is 5.60 Å². The number of aromatic nitrogens is 1. The zero-order chi connectivity index (χ0) is 17.4. The Kier molecular flexibility index (Phi) is 10.8. The standard InChI is InChI=1S/C20H27N3O2.2ClH/c24-20(15-21-11-13-25-17-20)16-23(14-19-8-4-5-10-22-19)12-9-18-6-2-1-3-7-18;;/h1-8,10,21,24H,9,11-17H2;2*1H. The number of aliphatic hydroxyl groups is 1. The van der Waals surface area contributed by atoms with Gasteiger partial charge in [-0.25, -0.2) is 0 Å². The van der Waals surface area contributed by atoms with Crippen molar-refractivity contribution in [3.63, 3.8) is 0 Å². The van der Waals surface area contributed by atoms with Crippen LogP contribution in [0.1, 0.15) is 11.3 Å². The third-order valence-corrected chi connectivity index (χ3v) is 4.44. The van der Waals surface area contributed by atoms with E-state index in [1.165, 1.54) is 5.56 Å². The molecule has 150 valence electrons. The topological polar surface area (TPSA) is 57.6 Å². The van der Waals surface area contributed by atoms with Crippen LogP contribution in [0.4, 0.5) is 0 Å². The molecule has 1 atom stereocenters. The lowest BCUT2D eigenvalue weighted by Crippen LogP contribution is -2.51. The van der Waals surface area contributed by atoms with Crippen LogP contribution in [-0.2, 0) is 17.7 Å². The molecule has 1 aromatic carbocycles. The Bertz CT molecular complexity index is 624. The van der Waals surface area contributed by atoms with Gasteiger partial charge in [0.05, 0.1) is 18.9 Å². The second-order valence-corrected chi connectivity index (χ2v) is 6.72. The lowest BCUT2D eigenvalue weighted by atomic mass is 10.0. The Balaban J connectivity index is 0.00000182. The molecule has 0 amide bonds. The van der Waals surface area contributed by atoms with Gasteiger partial charge in [0.2, 0.25) is 0 Å². The zero-order valence-corrected chi connectivity index (χ0v) is 17.1. The average Bonchev–Trinajstić information content (AvgIpc) is 2.86. The highest BCUT2D eigenvalue weighted by Crippen LogP contribution is 2.13. The van der Waals surface area contributed by atoms with E-state index in [2.05, 4.69) is 39.5 Å².